The fourth-order valence-corrected chi connectivity index (χ4v) is 25.2. The van der Waals surface area contributed by atoms with Crippen LogP contribution in [0.25, 0.3) is 44.7 Å². The summed E-state index contributed by atoms with van der Waals surface area (Å²) < 4.78 is 126. The molecule has 15 rings (SSSR count). The van der Waals surface area contributed by atoms with Gasteiger partial charge in [-0.2, -0.15) is 9.97 Å². The molecule has 764 valence electrons. The molecule has 6 saturated heterocycles. The molecule has 46 nitrogen and oxygen atoms in total. The third-order valence-corrected chi connectivity index (χ3v) is 49.7. The van der Waals surface area contributed by atoms with Gasteiger partial charge in [-0.1, -0.05) is 127 Å². The molecule has 62 heteroatoms. The van der Waals surface area contributed by atoms with E-state index in [1.165, 1.54) is 54.1 Å². The number of aliphatic hydroxyl groups is 1. The minimum atomic E-state index is -4.37. The number of aromatic nitrogens is 16. The van der Waals surface area contributed by atoms with Crippen molar-refractivity contribution in [1.82, 2.24) is 78.1 Å². The second-order valence-electron chi connectivity index (χ2n) is 40.0. The normalized spacial score (nSPS) is 29.0. The van der Waals surface area contributed by atoms with Crippen molar-refractivity contribution in [3.05, 3.63) is 94.6 Å². The highest BCUT2D eigenvalue weighted by Gasteiger charge is 2.61. The zero-order chi connectivity index (χ0) is 104. The maximum atomic E-state index is 14.6. The van der Waals surface area contributed by atoms with Gasteiger partial charge >= 0.3 is 27.0 Å². The van der Waals surface area contributed by atoms with Gasteiger partial charge in [-0.3, -0.25) is 75.4 Å². The van der Waals surface area contributed by atoms with Gasteiger partial charge in [0.15, 0.2) is 109 Å². The number of H-pyrrole nitrogens is 2. The molecule has 140 heavy (non-hydrogen) atoms. The van der Waals surface area contributed by atoms with Crippen LogP contribution in [0, 0.1) is 5.92 Å². The largest absolute Gasteiger partial charge is 0.408 e. The summed E-state index contributed by atoms with van der Waals surface area (Å²) >= 11 is 21.9. The fraction of sp³-hybridized carbons (Fsp3) is 0.641. The van der Waals surface area contributed by atoms with Crippen LogP contribution in [0.4, 0.5) is 23.5 Å². The van der Waals surface area contributed by atoms with Crippen molar-refractivity contribution in [1.29, 1.82) is 0 Å². The molecule has 2 amide bonds. The van der Waals surface area contributed by atoms with Crippen LogP contribution in [0.3, 0.4) is 0 Å². The zero-order valence-corrected chi connectivity index (χ0v) is 93.2. The maximum absolute atomic E-state index is 14.6. The minimum absolute atomic E-state index is 0.00454. The summed E-state index contributed by atoms with van der Waals surface area (Å²) in [5, 5.41) is 11.7. The first-order valence-electron chi connectivity index (χ1n) is 44.7. The average Bonchev–Trinajstić information content (AvgIpc) is 1.60. The Hall–Kier alpha value is -5.62. The number of amides is 2. The number of hydrogen-bond donors (Lipinski definition) is 12. The number of carbonyl (C=O) groups excluding carboxylic acids is 2. The third-order valence-electron chi connectivity index (χ3n) is 25.5. The number of carbonyl (C=O) groups is 2. The lowest BCUT2D eigenvalue weighted by molar-refractivity contribution is -0.119. The molecule has 8 bridgehead atoms. The Morgan fingerprint density at radius 1 is 0.521 bits per heavy atom. The number of fused-ring (bicyclic) bond motifs is 12. The van der Waals surface area contributed by atoms with E-state index in [0.29, 0.717) is 16.7 Å². The van der Waals surface area contributed by atoms with E-state index in [4.69, 9.17) is 125 Å². The van der Waals surface area contributed by atoms with Gasteiger partial charge in [0, 0.05) is 47.7 Å². The summed E-state index contributed by atoms with van der Waals surface area (Å²) in [6.45, 7) is 27.1. The van der Waals surface area contributed by atoms with Crippen molar-refractivity contribution in [2.75, 3.05) is 62.2 Å². The quantitative estimate of drug-likeness (QED) is 0.0243. The topological polar surface area (TPSA) is 596 Å². The van der Waals surface area contributed by atoms with Crippen molar-refractivity contribution < 1.29 is 107 Å². The number of aromatic amines is 2. The Bertz CT molecular complexity index is 6230. The van der Waals surface area contributed by atoms with Gasteiger partial charge in [0.25, 0.3) is 17.0 Å². The lowest BCUT2D eigenvalue weighted by Crippen LogP contribution is -2.51. The number of nitrogen functional groups attached to an aromatic ring is 2. The van der Waals surface area contributed by atoms with Crippen molar-refractivity contribution in [3.63, 3.8) is 0 Å². The van der Waals surface area contributed by atoms with E-state index in [0.717, 1.165) is 0 Å². The number of benzene rings is 1. The number of aliphatic hydroxyl groups excluding tert-OH is 1. The summed E-state index contributed by atoms with van der Waals surface area (Å²) in [7, 11) is 4.59. The SMILES string of the molecule is CC(C)(C)[Si](C)(C)OC1[C@H]2COP(O)(=S)O[C@H]3C(O[Si](C)(C)C(C)(C)C)[C@@H](COP(=O)(S)O[C@@H]1[C@H](n1cnc4c(N)ncnc41)O2)O[C@H]3n1cnc2c(=O)[nH]c(N)nc21.CC(C)C(=O)Nc1nc2c(ncn2[C@@H]2O[C@@H]3COP(O)(=S)O[C@H]4C(O[Si](C)(C)C(C)(C)C)[C@@H](COP(O)(=S)O[C@H]2C3O[Si](C)(C)C(C)(C)C)O[C@H]4n2cnc3c(NC(=O)c4ccccc4)ncnc32)c(=O)[nH]1.CCO.CN.[B]B([B])[B]. The summed E-state index contributed by atoms with van der Waals surface area (Å²) in [6, 6.07) is 8.61. The van der Waals surface area contributed by atoms with Gasteiger partial charge in [-0.15, -0.1) is 0 Å². The van der Waals surface area contributed by atoms with Crippen LogP contribution < -0.4 is 39.0 Å². The Morgan fingerprint density at radius 3 is 1.21 bits per heavy atom. The molecule has 6 radical (unpaired) electrons. The van der Waals surface area contributed by atoms with E-state index in [2.05, 4.69) is 174 Å². The highest BCUT2D eigenvalue weighted by atomic mass is 32.7. The van der Waals surface area contributed by atoms with E-state index in [1.54, 1.807) is 60.2 Å². The molecule has 6 aliphatic heterocycles. The molecule has 8 unspecified atom stereocenters. The van der Waals surface area contributed by atoms with Gasteiger partial charge in [0.2, 0.25) is 17.8 Å². The predicted octanol–water partition coefficient (Wildman–Crippen LogP) is 9.45. The molecule has 14 heterocycles. The third kappa shape index (κ3) is 26.4. The number of anilines is 4. The number of rotatable bonds is 16. The average molecular weight is 2160 g/mol. The zero-order valence-electron chi connectivity index (χ0n) is 82.3. The van der Waals surface area contributed by atoms with Crippen LogP contribution in [0.1, 0.15) is 139 Å². The van der Waals surface area contributed by atoms with Crippen molar-refractivity contribution in [2.45, 2.75) is 275 Å². The van der Waals surface area contributed by atoms with Crippen LogP contribution in [-0.4, -0.2) is 286 Å². The van der Waals surface area contributed by atoms with Crippen LogP contribution in [-0.2, 0) is 118 Å². The summed E-state index contributed by atoms with van der Waals surface area (Å²) in [5.41, 5.74) is 16.7. The van der Waals surface area contributed by atoms with Crippen molar-refractivity contribution >= 4 is 217 Å². The summed E-state index contributed by atoms with van der Waals surface area (Å²) in [6.07, 6.45) is -10.8. The van der Waals surface area contributed by atoms with Crippen molar-refractivity contribution in [2.24, 2.45) is 11.7 Å². The van der Waals surface area contributed by atoms with Gasteiger partial charge < -0.3 is 92.5 Å². The molecule has 8 aromatic heterocycles. The Kier molecular flexibility index (Phi) is 36.4. The van der Waals surface area contributed by atoms with Gasteiger partial charge in [-0.25, -0.2) is 44.4 Å². The minimum Gasteiger partial charge on any atom is -0.408 e. The number of ether oxygens (including phenoxy) is 4. The molecular formula is C78H125B4N21O25P4S4Si4. The Balaban J connectivity index is 0.000000251. The number of imidazole rings is 4. The van der Waals surface area contributed by atoms with E-state index < -0.39 is 213 Å². The molecule has 6 fully saturated rings. The van der Waals surface area contributed by atoms with E-state index in [-0.39, 0.29) is 90.4 Å². The highest BCUT2D eigenvalue weighted by molar-refractivity contribution is 8.44. The maximum Gasteiger partial charge on any atom is 0.386 e. The predicted molar refractivity (Wildman–Crippen MR) is 553 cm³/mol. The van der Waals surface area contributed by atoms with Crippen molar-refractivity contribution in [3.8, 4) is 0 Å². The van der Waals surface area contributed by atoms with Gasteiger partial charge in [-0.05, 0) is 134 Å². The number of nitrogens with two attached hydrogens (primary N) is 3. The monoisotopic (exact) mass is 2160 g/mol. The molecule has 0 aliphatic carbocycles. The molecule has 0 spiro atoms. The van der Waals surface area contributed by atoms with Crippen LogP contribution in [0.15, 0.2) is 77.9 Å². The van der Waals surface area contributed by atoms with Crippen LogP contribution >= 0.6 is 39.2 Å². The first-order valence-corrected chi connectivity index (χ1v) is 66.8. The standard InChI is InChI=1S/C43H62N10O13P2S2Si2.C32H52N10O11P2S2Si2.C2H6O.CH5N.B4/c1-23(2)36(54)50-41-49-35-28(38(56)51-41)47-22-53(35)40-32-30(66-72(11,12)43(6,7)8)26(62-40)19-60-67(57,69)63-31-29(65-71(9,10)42(3,4)5)25(18-59-68(58,70)64-32)61-39(31)52-21-46-27-33(44-20-45-34(27)52)48-37(55)24-16-14-13-15-17-24;1-31(2,3)58(7,8)52-20-16-11-46-55(45,57)51-23-21(53-59(9,10)32(4,5)6)17(49-29(23)42-15-38-19-26(42)39-30(34)40-27(19)43)12-47-54(44,56)50-22(20)28(48-16)41-14-37-18-24(33)35-13-36-25(18)41;1-2-3;1-2;1-4(2)3/h13-17,20-23,25-26,29-32,39-40H,18-19H2,1-12H3,(H,57,69)(H,58,70)(H,44,45,48,55)(H2,49,50,51,54,56);13-17,20-23,28-29H,11-12H2,1-10H3,(H,44,56)(H,45,57)(H2,33,35,36)(H3,34,39,40,43);3H,2H2,1H3;2H2,1H3;/t25-,26-,29?,30?,31+,32+,39-,40-,67?,68?;16-,17-,20?,21?,22+,23+,28-,29-,54?,55?;;;/m11.../s1. The van der Waals surface area contributed by atoms with Gasteiger partial charge in [0.1, 0.15) is 91.4 Å². The smallest absolute Gasteiger partial charge is 0.386 e. The van der Waals surface area contributed by atoms with E-state index in [1.807, 2.05) is 73.1 Å². The highest BCUT2D eigenvalue weighted by Crippen LogP contribution is 2.62. The second-order valence-corrected chi connectivity index (χ2v) is 70.2. The fourth-order valence-electron chi connectivity index (χ4n) is 14.3. The van der Waals surface area contributed by atoms with E-state index in [9.17, 15) is 38.4 Å². The molecule has 1 aromatic carbocycles. The molecule has 0 saturated carbocycles. The van der Waals surface area contributed by atoms with E-state index >= 15 is 0 Å². The molecule has 20 atom stereocenters. The number of hydrogen-bond acceptors (Lipinski definition) is 38. The second kappa shape index (κ2) is 44.4. The summed E-state index contributed by atoms with van der Waals surface area (Å²) in [5.74, 6) is -1.31. The molecular weight excluding hydrogens is 2040 g/mol. The van der Waals surface area contributed by atoms with Crippen LogP contribution in [0.5, 0.6) is 0 Å². The lowest BCUT2D eigenvalue weighted by Gasteiger charge is -2.41. The number of nitrogens with zero attached hydrogens (tertiary/aromatic N) is 14. The summed E-state index contributed by atoms with van der Waals surface area (Å²) in [4.78, 5) is 137. The molecule has 14 N–H and O–H groups in total. The molecule has 6 aliphatic rings. The number of nitrogens with one attached hydrogen (secondary N) is 4. The Morgan fingerprint density at radius 2 is 0.843 bits per heavy atom. The lowest BCUT2D eigenvalue weighted by atomic mass is 9.08. The number of thiol groups is 1. The van der Waals surface area contributed by atoms with Crippen LogP contribution in [0.2, 0.25) is 72.5 Å². The first-order chi connectivity index (χ1) is 64.8. The Labute approximate surface area is 839 Å². The van der Waals surface area contributed by atoms with Gasteiger partial charge in [0.05, 0.1) is 51.7 Å². The molecule has 9 aromatic rings. The first kappa shape index (κ1) is 115.